The highest BCUT2D eigenvalue weighted by molar-refractivity contribution is 8.01. The van der Waals surface area contributed by atoms with Gasteiger partial charge in [-0.25, -0.2) is 5.01 Å². The number of carbonyl (C=O) groups is 1. The smallest absolute Gasteiger partial charge is 0.253 e. The fraction of sp³-hybridized carbons (Fsp3) is 0.250. The number of thioether (sulfide) groups is 1. The second kappa shape index (κ2) is 10.1. The molecule has 1 aliphatic heterocycles. The number of aromatic nitrogens is 2. The number of benzene rings is 2. The van der Waals surface area contributed by atoms with E-state index in [9.17, 15) is 4.79 Å². The molecule has 1 aliphatic carbocycles. The van der Waals surface area contributed by atoms with Gasteiger partial charge in [-0.1, -0.05) is 70.6 Å². The largest absolute Gasteiger partial charge is 0.374 e. The van der Waals surface area contributed by atoms with Crippen LogP contribution < -0.4 is 5.73 Å². The third-order valence-corrected chi connectivity index (χ3v) is 8.30. The van der Waals surface area contributed by atoms with Crippen molar-refractivity contribution in [3.63, 3.8) is 0 Å². The molecule has 1 aromatic heterocycles. The van der Waals surface area contributed by atoms with Crippen LogP contribution in [0.5, 0.6) is 0 Å². The number of hydrogen-bond donors (Lipinski definition) is 1. The maximum absolute atomic E-state index is 13.4. The van der Waals surface area contributed by atoms with Crippen molar-refractivity contribution < 1.29 is 4.79 Å². The highest BCUT2D eigenvalue weighted by Crippen LogP contribution is 2.45. The molecule has 174 valence electrons. The van der Waals surface area contributed by atoms with Gasteiger partial charge in [-0.15, -0.1) is 10.2 Å². The maximum atomic E-state index is 13.4. The number of nitrogens with two attached hydrogens (primary N) is 1. The number of halogens is 2. The van der Waals surface area contributed by atoms with Gasteiger partial charge in [0, 0.05) is 16.0 Å². The molecule has 0 saturated heterocycles. The lowest BCUT2D eigenvalue weighted by Crippen LogP contribution is -2.32. The lowest BCUT2D eigenvalue weighted by atomic mass is 9.77. The van der Waals surface area contributed by atoms with E-state index in [1.807, 2.05) is 48.5 Å². The van der Waals surface area contributed by atoms with Crippen LogP contribution in [-0.2, 0) is 4.79 Å². The maximum Gasteiger partial charge on any atom is 0.253 e. The minimum absolute atomic E-state index is 0.0773. The summed E-state index contributed by atoms with van der Waals surface area (Å²) in [4.78, 5) is 13.4. The number of fused-ring (bicyclic) bond motifs is 1. The molecule has 2 heterocycles. The van der Waals surface area contributed by atoms with Crippen molar-refractivity contribution in [2.24, 2.45) is 11.0 Å². The molecular weight excluding hydrogens is 509 g/mol. The van der Waals surface area contributed by atoms with Crippen molar-refractivity contribution in [3.8, 4) is 0 Å². The molecule has 2 aromatic carbocycles. The SMILES string of the molecule is Nc1nnc(SCC(=O)N2N=C3C(=Cc4ccc(Cl)cc4)CCCC3C2c2ccc(Cl)cc2)s1. The minimum atomic E-state index is -0.172. The van der Waals surface area contributed by atoms with E-state index >= 15 is 0 Å². The number of anilines is 1. The number of nitrogen functional groups attached to an aromatic ring is 1. The average Bonchev–Trinajstić information content (AvgIpc) is 3.44. The van der Waals surface area contributed by atoms with Crippen LogP contribution in [0, 0.1) is 5.92 Å². The van der Waals surface area contributed by atoms with E-state index < -0.39 is 0 Å². The molecule has 6 nitrogen and oxygen atoms in total. The Morgan fingerprint density at radius 2 is 1.82 bits per heavy atom. The van der Waals surface area contributed by atoms with Gasteiger partial charge >= 0.3 is 0 Å². The first-order valence-corrected chi connectivity index (χ1v) is 13.4. The summed E-state index contributed by atoms with van der Waals surface area (Å²) in [7, 11) is 0. The second-order valence-corrected chi connectivity index (χ2v) is 11.2. The third kappa shape index (κ3) is 5.00. The lowest BCUT2D eigenvalue weighted by molar-refractivity contribution is -0.130. The molecule has 1 fully saturated rings. The van der Waals surface area contributed by atoms with Gasteiger partial charge in [0.2, 0.25) is 5.13 Å². The number of rotatable bonds is 5. The number of amides is 1. The Balaban J connectivity index is 1.47. The molecule has 34 heavy (non-hydrogen) atoms. The van der Waals surface area contributed by atoms with Crippen LogP contribution >= 0.6 is 46.3 Å². The van der Waals surface area contributed by atoms with E-state index in [0.29, 0.717) is 19.5 Å². The summed E-state index contributed by atoms with van der Waals surface area (Å²) in [5, 5.41) is 16.1. The van der Waals surface area contributed by atoms with Crippen LogP contribution in [0.2, 0.25) is 10.0 Å². The quantitative estimate of drug-likeness (QED) is 0.389. The van der Waals surface area contributed by atoms with E-state index in [4.69, 9.17) is 34.0 Å². The van der Waals surface area contributed by atoms with Gasteiger partial charge in [0.25, 0.3) is 5.91 Å². The van der Waals surface area contributed by atoms with E-state index in [0.717, 1.165) is 41.7 Å². The molecular formula is C24H21Cl2N5OS2. The monoisotopic (exact) mass is 529 g/mol. The molecule has 1 amide bonds. The van der Waals surface area contributed by atoms with Gasteiger partial charge in [0.05, 0.1) is 17.5 Å². The first kappa shape index (κ1) is 23.4. The number of allylic oxidation sites excluding steroid dienone is 1. The Morgan fingerprint density at radius 3 is 2.50 bits per heavy atom. The zero-order chi connectivity index (χ0) is 23.7. The van der Waals surface area contributed by atoms with E-state index in [1.165, 1.54) is 23.1 Å². The Labute approximate surface area is 215 Å². The predicted molar refractivity (Wildman–Crippen MR) is 140 cm³/mol. The fourth-order valence-corrected chi connectivity index (χ4v) is 6.17. The van der Waals surface area contributed by atoms with Crippen molar-refractivity contribution in [1.29, 1.82) is 0 Å². The summed E-state index contributed by atoms with van der Waals surface area (Å²) in [6, 6.07) is 15.3. The molecule has 0 bridgehead atoms. The summed E-state index contributed by atoms with van der Waals surface area (Å²) < 4.78 is 0.668. The normalized spacial score (nSPS) is 20.9. The molecule has 0 spiro atoms. The Bertz CT molecular complexity index is 1260. The Hall–Kier alpha value is -2.39. The Morgan fingerprint density at radius 1 is 1.12 bits per heavy atom. The highest BCUT2D eigenvalue weighted by Gasteiger charge is 2.43. The van der Waals surface area contributed by atoms with Crippen LogP contribution in [0.15, 0.2) is 63.5 Å². The molecule has 2 unspecified atom stereocenters. The lowest BCUT2D eigenvalue weighted by Gasteiger charge is -2.29. The molecule has 2 aliphatic rings. The van der Waals surface area contributed by atoms with Crippen LogP contribution in [0.1, 0.15) is 36.4 Å². The van der Waals surface area contributed by atoms with Crippen LogP contribution in [0.3, 0.4) is 0 Å². The standard InChI is InChI=1S/C24H21Cl2N5OS2/c25-17-8-4-14(5-9-17)12-16-2-1-3-19-21(16)30-31(22(19)15-6-10-18(26)11-7-15)20(32)13-33-24-29-28-23(27)34-24/h4-12,19,22H,1-3,13H2,(H2,27,28). The average molecular weight is 531 g/mol. The first-order chi connectivity index (χ1) is 16.5. The molecule has 2 N–H and O–H groups in total. The third-order valence-electron chi connectivity index (χ3n) is 5.92. The van der Waals surface area contributed by atoms with Gasteiger partial charge in [-0.2, -0.15) is 5.10 Å². The van der Waals surface area contributed by atoms with Crippen molar-refractivity contribution in [2.75, 3.05) is 11.5 Å². The molecule has 5 rings (SSSR count). The molecule has 2 atom stereocenters. The topological polar surface area (TPSA) is 84.5 Å². The van der Waals surface area contributed by atoms with Gasteiger partial charge in [0.1, 0.15) is 0 Å². The molecule has 0 radical (unpaired) electrons. The zero-order valence-electron chi connectivity index (χ0n) is 18.0. The van der Waals surface area contributed by atoms with Gasteiger partial charge in [-0.05, 0) is 66.3 Å². The molecule has 1 saturated carbocycles. The van der Waals surface area contributed by atoms with Gasteiger partial charge in [-0.3, -0.25) is 4.79 Å². The summed E-state index contributed by atoms with van der Waals surface area (Å²) in [6.45, 7) is 0. The minimum Gasteiger partial charge on any atom is -0.374 e. The summed E-state index contributed by atoms with van der Waals surface area (Å²) in [5.74, 6) is 0.254. The van der Waals surface area contributed by atoms with Crippen LogP contribution in [-0.4, -0.2) is 32.6 Å². The predicted octanol–water partition coefficient (Wildman–Crippen LogP) is 6.34. The fourth-order valence-electron chi connectivity index (χ4n) is 4.43. The number of nitrogens with zero attached hydrogens (tertiary/aromatic N) is 4. The van der Waals surface area contributed by atoms with Crippen molar-refractivity contribution in [3.05, 3.63) is 75.3 Å². The second-order valence-electron chi connectivity index (χ2n) is 8.13. The van der Waals surface area contributed by atoms with Gasteiger partial charge in [0.15, 0.2) is 4.34 Å². The summed E-state index contributed by atoms with van der Waals surface area (Å²) in [5.41, 5.74) is 9.92. The highest BCUT2D eigenvalue weighted by atomic mass is 35.5. The van der Waals surface area contributed by atoms with E-state index in [-0.39, 0.29) is 23.6 Å². The molecule has 3 aromatic rings. The first-order valence-electron chi connectivity index (χ1n) is 10.8. The van der Waals surface area contributed by atoms with E-state index in [1.54, 1.807) is 5.01 Å². The number of hydrogen-bond acceptors (Lipinski definition) is 7. The number of carbonyl (C=O) groups excluding carboxylic acids is 1. The number of hydrazone groups is 1. The van der Waals surface area contributed by atoms with Crippen LogP contribution in [0.25, 0.3) is 6.08 Å². The molecule has 10 heteroatoms. The van der Waals surface area contributed by atoms with E-state index in [2.05, 4.69) is 16.3 Å². The van der Waals surface area contributed by atoms with Crippen molar-refractivity contribution in [2.45, 2.75) is 29.6 Å². The summed E-state index contributed by atoms with van der Waals surface area (Å²) >= 11 is 14.8. The van der Waals surface area contributed by atoms with Crippen LogP contribution in [0.4, 0.5) is 5.13 Å². The summed E-state index contributed by atoms with van der Waals surface area (Å²) in [6.07, 6.45) is 5.08. The van der Waals surface area contributed by atoms with Crippen molar-refractivity contribution in [1.82, 2.24) is 15.2 Å². The zero-order valence-corrected chi connectivity index (χ0v) is 21.2. The van der Waals surface area contributed by atoms with Gasteiger partial charge < -0.3 is 5.73 Å². The Kier molecular flexibility index (Phi) is 6.92. The van der Waals surface area contributed by atoms with Crippen molar-refractivity contribution >= 4 is 69.1 Å².